The summed E-state index contributed by atoms with van der Waals surface area (Å²) in [5.74, 6) is 0.231. The topological polar surface area (TPSA) is 49.4 Å². The van der Waals surface area contributed by atoms with Crippen molar-refractivity contribution in [2.24, 2.45) is 0 Å². The summed E-state index contributed by atoms with van der Waals surface area (Å²) in [5.41, 5.74) is 1.49. The predicted octanol–water partition coefficient (Wildman–Crippen LogP) is 6.09. The molecule has 0 saturated carbocycles. The Morgan fingerprint density at radius 1 is 1.07 bits per heavy atom. The van der Waals surface area contributed by atoms with E-state index in [0.29, 0.717) is 38.0 Å². The number of rotatable bonds is 9. The van der Waals surface area contributed by atoms with Gasteiger partial charge in [-0.2, -0.15) is 0 Å². The van der Waals surface area contributed by atoms with Crippen molar-refractivity contribution in [3.05, 3.63) is 67.6 Å². The molecule has 0 aliphatic heterocycles. The monoisotopic (exact) mass is 506 g/mol. The number of thioether (sulfide) groups is 1. The summed E-state index contributed by atoms with van der Waals surface area (Å²) in [4.78, 5) is 26.9. The van der Waals surface area contributed by atoms with Crippen LogP contribution < -0.4 is 5.32 Å². The van der Waals surface area contributed by atoms with Gasteiger partial charge >= 0.3 is 0 Å². The number of nitrogens with zero attached hydrogens (tertiary/aromatic N) is 1. The Kier molecular flexibility index (Phi) is 10.1. The highest BCUT2D eigenvalue weighted by atomic mass is 35.5. The summed E-state index contributed by atoms with van der Waals surface area (Å²) >= 11 is 26.0. The molecule has 162 valence electrons. The van der Waals surface area contributed by atoms with Crippen LogP contribution in [0.15, 0.2) is 36.4 Å². The largest absolute Gasteiger partial charge is 0.355 e. The van der Waals surface area contributed by atoms with Gasteiger partial charge in [0.05, 0.1) is 5.75 Å². The van der Waals surface area contributed by atoms with Crippen molar-refractivity contribution in [1.82, 2.24) is 10.2 Å². The Hall–Kier alpha value is -1.11. The van der Waals surface area contributed by atoms with Crippen molar-refractivity contribution in [1.29, 1.82) is 0 Å². The summed E-state index contributed by atoms with van der Waals surface area (Å²) in [7, 11) is 0. The molecular weight excluding hydrogens is 486 g/mol. The molecule has 2 amide bonds. The third-order valence-corrected chi connectivity index (χ3v) is 6.65. The van der Waals surface area contributed by atoms with Crippen LogP contribution in [-0.4, -0.2) is 35.1 Å². The number of carbonyl (C=O) groups excluding carboxylic acids is 2. The first-order valence-corrected chi connectivity index (χ1v) is 11.9. The lowest BCUT2D eigenvalue weighted by atomic mass is 10.1. The Morgan fingerprint density at radius 2 is 1.73 bits per heavy atom. The van der Waals surface area contributed by atoms with Crippen LogP contribution in [0.3, 0.4) is 0 Å². The van der Waals surface area contributed by atoms with Crippen LogP contribution >= 0.6 is 58.2 Å². The third-order valence-electron chi connectivity index (χ3n) is 4.41. The van der Waals surface area contributed by atoms with Gasteiger partial charge in [0.2, 0.25) is 11.8 Å². The molecule has 0 spiro atoms. The molecule has 2 aromatic carbocycles. The summed E-state index contributed by atoms with van der Waals surface area (Å²) in [6.45, 7) is 4.20. The first-order valence-electron chi connectivity index (χ1n) is 9.26. The van der Waals surface area contributed by atoms with Crippen LogP contribution in [0.4, 0.5) is 0 Å². The third kappa shape index (κ3) is 6.96. The zero-order valence-electron chi connectivity index (χ0n) is 16.6. The Bertz CT molecular complexity index is 890. The highest BCUT2D eigenvalue weighted by Crippen LogP contribution is 2.29. The zero-order chi connectivity index (χ0) is 22.3. The number of likely N-dealkylation sites (N-methyl/N-ethyl adjacent to an activating group) is 1. The van der Waals surface area contributed by atoms with E-state index in [1.54, 1.807) is 43.3 Å². The van der Waals surface area contributed by atoms with Gasteiger partial charge in [0, 0.05) is 38.9 Å². The molecular formula is C21H22Cl4N2O2S. The van der Waals surface area contributed by atoms with E-state index in [1.807, 2.05) is 6.92 Å². The fraction of sp³-hybridized carbons (Fsp3) is 0.333. The van der Waals surface area contributed by atoms with Gasteiger partial charge in [-0.25, -0.2) is 0 Å². The molecule has 9 heteroatoms. The van der Waals surface area contributed by atoms with Crippen molar-refractivity contribution in [3.63, 3.8) is 0 Å². The molecule has 0 aliphatic rings. The maximum absolute atomic E-state index is 13.0. The van der Waals surface area contributed by atoms with Gasteiger partial charge in [-0.3, -0.25) is 9.59 Å². The number of amides is 2. The molecule has 0 fully saturated rings. The number of nitrogens with one attached hydrogen (secondary N) is 1. The number of benzene rings is 2. The molecule has 0 aliphatic carbocycles. The van der Waals surface area contributed by atoms with E-state index in [-0.39, 0.29) is 24.1 Å². The van der Waals surface area contributed by atoms with Gasteiger partial charge < -0.3 is 10.2 Å². The van der Waals surface area contributed by atoms with Crippen molar-refractivity contribution in [2.75, 3.05) is 12.3 Å². The van der Waals surface area contributed by atoms with Crippen molar-refractivity contribution in [3.8, 4) is 0 Å². The zero-order valence-corrected chi connectivity index (χ0v) is 20.4. The summed E-state index contributed by atoms with van der Waals surface area (Å²) in [6.07, 6.45) is 0. The van der Waals surface area contributed by atoms with Gasteiger partial charge in [0.15, 0.2) is 0 Å². The lowest BCUT2D eigenvalue weighted by Crippen LogP contribution is -2.48. The Morgan fingerprint density at radius 3 is 2.33 bits per heavy atom. The van der Waals surface area contributed by atoms with Crippen molar-refractivity contribution < 1.29 is 9.59 Å². The fourth-order valence-corrected chi connectivity index (χ4v) is 4.85. The van der Waals surface area contributed by atoms with Gasteiger partial charge in [-0.1, -0.05) is 58.5 Å². The quantitative estimate of drug-likeness (QED) is 0.447. The first kappa shape index (κ1) is 25.2. The number of hydrogen-bond acceptors (Lipinski definition) is 3. The van der Waals surface area contributed by atoms with Gasteiger partial charge in [-0.15, -0.1) is 11.8 Å². The standard InChI is InChI=1S/C21H22Cl4N2O2S/c1-3-26-21(29)13(2)27(10-14-7-8-15(22)9-19(14)25)20(28)12-30-11-16-17(23)5-4-6-18(16)24/h4-9,13H,3,10-12H2,1-2H3,(H,26,29)/t13-/m0/s1. The molecule has 2 rings (SSSR count). The summed E-state index contributed by atoms with van der Waals surface area (Å²) in [6, 6.07) is 9.71. The maximum Gasteiger partial charge on any atom is 0.242 e. The van der Waals surface area contributed by atoms with E-state index in [0.717, 1.165) is 5.56 Å². The lowest BCUT2D eigenvalue weighted by Gasteiger charge is -2.29. The highest BCUT2D eigenvalue weighted by Gasteiger charge is 2.26. The van der Waals surface area contributed by atoms with E-state index in [2.05, 4.69) is 5.32 Å². The highest BCUT2D eigenvalue weighted by molar-refractivity contribution is 7.99. The Balaban J connectivity index is 2.14. The minimum Gasteiger partial charge on any atom is -0.355 e. The normalized spacial score (nSPS) is 11.8. The molecule has 4 nitrogen and oxygen atoms in total. The Labute approximate surface area is 201 Å². The summed E-state index contributed by atoms with van der Waals surface area (Å²) in [5, 5.41) is 4.82. The van der Waals surface area contributed by atoms with Crippen LogP contribution in [0.5, 0.6) is 0 Å². The number of hydrogen-bond donors (Lipinski definition) is 1. The van der Waals surface area contributed by atoms with Gasteiger partial charge in [-0.05, 0) is 49.2 Å². The molecule has 0 bridgehead atoms. The van der Waals surface area contributed by atoms with Gasteiger partial charge in [0.1, 0.15) is 6.04 Å². The number of halogens is 4. The minimum atomic E-state index is -0.659. The molecule has 2 aromatic rings. The van der Waals surface area contributed by atoms with Crippen LogP contribution in [-0.2, 0) is 21.9 Å². The lowest BCUT2D eigenvalue weighted by molar-refractivity contribution is -0.138. The van der Waals surface area contributed by atoms with Crippen LogP contribution in [0, 0.1) is 0 Å². The average Bonchev–Trinajstić information content (AvgIpc) is 2.69. The van der Waals surface area contributed by atoms with Crippen molar-refractivity contribution >= 4 is 70.0 Å². The van der Waals surface area contributed by atoms with Crippen LogP contribution in [0.2, 0.25) is 20.1 Å². The molecule has 1 N–H and O–H groups in total. The summed E-state index contributed by atoms with van der Waals surface area (Å²) < 4.78 is 0. The van der Waals surface area contributed by atoms with E-state index in [1.165, 1.54) is 16.7 Å². The molecule has 0 saturated heterocycles. The van der Waals surface area contributed by atoms with Crippen molar-refractivity contribution in [2.45, 2.75) is 32.2 Å². The number of carbonyl (C=O) groups is 2. The predicted molar refractivity (Wildman–Crippen MR) is 128 cm³/mol. The van der Waals surface area contributed by atoms with E-state index >= 15 is 0 Å². The molecule has 0 heterocycles. The smallest absolute Gasteiger partial charge is 0.242 e. The van der Waals surface area contributed by atoms with Crippen LogP contribution in [0.1, 0.15) is 25.0 Å². The molecule has 0 unspecified atom stereocenters. The molecule has 30 heavy (non-hydrogen) atoms. The second kappa shape index (κ2) is 12.1. The SMILES string of the molecule is CCNC(=O)[C@H](C)N(Cc1ccc(Cl)cc1Cl)C(=O)CSCc1c(Cl)cccc1Cl. The molecule has 0 aromatic heterocycles. The van der Waals surface area contributed by atoms with E-state index in [9.17, 15) is 9.59 Å². The average molecular weight is 508 g/mol. The maximum atomic E-state index is 13.0. The molecule has 1 atom stereocenters. The van der Waals surface area contributed by atoms with Crippen LogP contribution in [0.25, 0.3) is 0 Å². The minimum absolute atomic E-state index is 0.163. The first-order chi connectivity index (χ1) is 14.2. The van der Waals surface area contributed by atoms with Gasteiger partial charge in [0.25, 0.3) is 0 Å². The second-order valence-electron chi connectivity index (χ2n) is 6.52. The van der Waals surface area contributed by atoms with E-state index in [4.69, 9.17) is 46.4 Å². The molecule has 0 radical (unpaired) electrons. The second-order valence-corrected chi connectivity index (χ2v) is 9.16. The fourth-order valence-electron chi connectivity index (χ4n) is 2.73. The van der Waals surface area contributed by atoms with E-state index < -0.39 is 6.04 Å².